The number of hydrogen-bond acceptors (Lipinski definition) is 4. The molecule has 2 saturated heterocycles. The van der Waals surface area contributed by atoms with E-state index in [0.717, 1.165) is 18.9 Å². The van der Waals surface area contributed by atoms with Crippen LogP contribution in [0.15, 0.2) is 47.4 Å². The van der Waals surface area contributed by atoms with Crippen LogP contribution in [-0.2, 0) is 21.2 Å². The number of amides is 1. The molecular formula is C24H28F3N3O3S. The molecule has 2 heterocycles. The number of carbonyl (C=O) groups is 1. The Balaban J connectivity index is 1.32. The Kier molecular flexibility index (Phi) is 7.30. The van der Waals surface area contributed by atoms with Gasteiger partial charge >= 0.3 is 0 Å². The number of sulfonamides is 1. The number of halogens is 3. The Morgan fingerprint density at radius 2 is 1.65 bits per heavy atom. The second-order valence-electron chi connectivity index (χ2n) is 9.10. The van der Waals surface area contributed by atoms with Gasteiger partial charge < -0.3 is 10.6 Å². The lowest BCUT2D eigenvalue weighted by molar-refractivity contribution is -0.136. The Labute approximate surface area is 197 Å². The average molecular weight is 496 g/mol. The van der Waals surface area contributed by atoms with E-state index in [-0.39, 0.29) is 53.8 Å². The highest BCUT2D eigenvalue weighted by atomic mass is 32.2. The van der Waals surface area contributed by atoms with E-state index in [4.69, 9.17) is 5.73 Å². The molecule has 0 radical (unpaired) electrons. The number of nitrogens with one attached hydrogen (secondary N) is 1. The van der Waals surface area contributed by atoms with E-state index in [0.29, 0.717) is 18.9 Å². The zero-order valence-electron chi connectivity index (χ0n) is 18.6. The molecule has 2 aliphatic rings. The van der Waals surface area contributed by atoms with Gasteiger partial charge in [-0.05, 0) is 61.8 Å². The van der Waals surface area contributed by atoms with Crippen LogP contribution in [0.5, 0.6) is 0 Å². The first-order chi connectivity index (χ1) is 16.2. The third-order valence-corrected chi connectivity index (χ3v) is 8.37. The van der Waals surface area contributed by atoms with Crippen LogP contribution < -0.4 is 10.5 Å². The van der Waals surface area contributed by atoms with E-state index in [2.05, 4.69) is 4.72 Å². The molecule has 10 heteroatoms. The molecule has 2 aliphatic heterocycles. The molecule has 1 amide bonds. The van der Waals surface area contributed by atoms with Gasteiger partial charge in [0, 0.05) is 37.2 Å². The third kappa shape index (κ3) is 5.29. The predicted molar refractivity (Wildman–Crippen MR) is 121 cm³/mol. The van der Waals surface area contributed by atoms with Crippen molar-refractivity contribution in [3.8, 4) is 0 Å². The molecule has 2 bridgehead atoms. The fraction of sp³-hybridized carbons (Fsp3) is 0.458. The first-order valence-corrected chi connectivity index (χ1v) is 12.9. The van der Waals surface area contributed by atoms with Gasteiger partial charge in [0.15, 0.2) is 11.6 Å². The van der Waals surface area contributed by atoms with Crippen molar-refractivity contribution in [2.24, 2.45) is 11.7 Å². The monoisotopic (exact) mass is 495 g/mol. The maximum absolute atomic E-state index is 14.0. The summed E-state index contributed by atoms with van der Waals surface area (Å²) in [4.78, 5) is 14.9. The summed E-state index contributed by atoms with van der Waals surface area (Å²) < 4.78 is 67.9. The number of fused-ring (bicyclic) bond motifs is 2. The van der Waals surface area contributed by atoms with Crippen LogP contribution in [0.4, 0.5) is 13.2 Å². The van der Waals surface area contributed by atoms with Gasteiger partial charge in [-0.1, -0.05) is 18.2 Å². The number of piperidine rings is 1. The Hall–Kier alpha value is -2.43. The number of hydrogen-bond donors (Lipinski definition) is 2. The van der Waals surface area contributed by atoms with Crippen LogP contribution >= 0.6 is 0 Å². The minimum absolute atomic E-state index is 0.00432. The van der Waals surface area contributed by atoms with Crippen molar-refractivity contribution in [2.45, 2.75) is 61.5 Å². The van der Waals surface area contributed by atoms with Gasteiger partial charge in [0.2, 0.25) is 15.9 Å². The topological polar surface area (TPSA) is 92.5 Å². The van der Waals surface area contributed by atoms with Gasteiger partial charge in [0.1, 0.15) is 5.82 Å². The van der Waals surface area contributed by atoms with Crippen LogP contribution in [0.3, 0.4) is 0 Å². The number of carbonyl (C=O) groups excluding carboxylic acids is 1. The summed E-state index contributed by atoms with van der Waals surface area (Å²) >= 11 is 0. The molecule has 4 rings (SSSR count). The van der Waals surface area contributed by atoms with Crippen LogP contribution in [0.2, 0.25) is 0 Å². The van der Waals surface area contributed by atoms with Crippen molar-refractivity contribution < 1.29 is 26.4 Å². The quantitative estimate of drug-likeness (QED) is 0.551. The van der Waals surface area contributed by atoms with Gasteiger partial charge in [-0.15, -0.1) is 0 Å². The predicted octanol–water partition coefficient (Wildman–Crippen LogP) is 3.11. The van der Waals surface area contributed by atoms with E-state index in [1.54, 1.807) is 18.2 Å². The standard InChI is InChI=1S/C24H28F3N3O3S/c25-20-14-22(27)21(26)12-15(20)13-23(28)16-10-17-6-7-18(11-16)30(17)24(31)8-9-29-34(32,33)19-4-2-1-3-5-19/h1-5,12,14,16-18,23,29H,6-11,13,28H2/t16?,17?,18?,23-/m1/s1. The molecular weight excluding hydrogens is 467 g/mol. The van der Waals surface area contributed by atoms with Crippen molar-refractivity contribution in [3.63, 3.8) is 0 Å². The summed E-state index contributed by atoms with van der Waals surface area (Å²) in [6.45, 7) is 0.00432. The molecule has 3 atom stereocenters. The summed E-state index contributed by atoms with van der Waals surface area (Å²) in [7, 11) is -3.68. The maximum atomic E-state index is 14.0. The molecule has 2 unspecified atom stereocenters. The van der Waals surface area contributed by atoms with Crippen LogP contribution in [-0.4, -0.2) is 43.9 Å². The zero-order valence-corrected chi connectivity index (χ0v) is 19.4. The summed E-state index contributed by atoms with van der Waals surface area (Å²) in [5, 5.41) is 0. The molecule has 2 aromatic rings. The smallest absolute Gasteiger partial charge is 0.240 e. The average Bonchev–Trinajstić information content (AvgIpc) is 3.07. The number of rotatable bonds is 8. The highest BCUT2D eigenvalue weighted by Gasteiger charge is 2.44. The van der Waals surface area contributed by atoms with E-state index in [1.807, 2.05) is 4.90 Å². The van der Waals surface area contributed by atoms with Gasteiger partial charge in [-0.3, -0.25) is 4.79 Å². The lowest BCUT2D eigenvalue weighted by atomic mass is 9.82. The van der Waals surface area contributed by atoms with E-state index in [9.17, 15) is 26.4 Å². The largest absolute Gasteiger partial charge is 0.337 e. The van der Waals surface area contributed by atoms with Gasteiger partial charge in [-0.2, -0.15) is 0 Å². The minimum Gasteiger partial charge on any atom is -0.337 e. The fourth-order valence-corrected chi connectivity index (χ4v) is 6.27. The first kappa shape index (κ1) is 24.7. The molecule has 0 spiro atoms. The zero-order chi connectivity index (χ0) is 24.5. The van der Waals surface area contributed by atoms with Crippen molar-refractivity contribution >= 4 is 15.9 Å². The van der Waals surface area contributed by atoms with E-state index in [1.165, 1.54) is 12.1 Å². The number of nitrogens with two attached hydrogens (primary N) is 1. The van der Waals surface area contributed by atoms with Crippen LogP contribution in [0.1, 0.15) is 37.7 Å². The maximum Gasteiger partial charge on any atom is 0.240 e. The summed E-state index contributed by atoms with van der Waals surface area (Å²) in [5.74, 6) is -3.24. The molecule has 6 nitrogen and oxygen atoms in total. The van der Waals surface area contributed by atoms with Gasteiger partial charge in [0.25, 0.3) is 0 Å². The SMILES string of the molecule is N[C@H](Cc1cc(F)c(F)cc1F)C1CC2CCC(C1)N2C(=O)CCNS(=O)(=O)c1ccccc1. The summed E-state index contributed by atoms with van der Waals surface area (Å²) in [6, 6.07) is 8.89. The first-order valence-electron chi connectivity index (χ1n) is 11.4. The van der Waals surface area contributed by atoms with Crippen molar-refractivity contribution in [1.82, 2.24) is 9.62 Å². The Morgan fingerprint density at radius 1 is 1.03 bits per heavy atom. The highest BCUT2D eigenvalue weighted by molar-refractivity contribution is 7.89. The highest BCUT2D eigenvalue weighted by Crippen LogP contribution is 2.40. The van der Waals surface area contributed by atoms with Crippen LogP contribution in [0, 0.1) is 23.4 Å². The third-order valence-electron chi connectivity index (χ3n) is 6.89. The van der Waals surface area contributed by atoms with E-state index < -0.39 is 33.5 Å². The molecule has 2 fully saturated rings. The lowest BCUT2D eigenvalue weighted by Crippen LogP contribution is -2.50. The molecule has 184 valence electrons. The minimum atomic E-state index is -3.68. The number of nitrogens with zero attached hydrogens (tertiary/aromatic N) is 1. The lowest BCUT2D eigenvalue weighted by Gasteiger charge is -2.41. The molecule has 0 aliphatic carbocycles. The van der Waals surface area contributed by atoms with Crippen LogP contribution in [0.25, 0.3) is 0 Å². The number of benzene rings is 2. The Bertz CT molecular complexity index is 1130. The second kappa shape index (κ2) is 10.1. The van der Waals surface area contributed by atoms with E-state index >= 15 is 0 Å². The molecule has 34 heavy (non-hydrogen) atoms. The molecule has 0 aromatic heterocycles. The van der Waals surface area contributed by atoms with Gasteiger partial charge in [-0.25, -0.2) is 26.3 Å². The van der Waals surface area contributed by atoms with Crippen molar-refractivity contribution in [3.05, 3.63) is 65.5 Å². The van der Waals surface area contributed by atoms with Crippen molar-refractivity contribution in [2.75, 3.05) is 6.54 Å². The molecule has 0 saturated carbocycles. The Morgan fingerprint density at radius 3 is 2.29 bits per heavy atom. The summed E-state index contributed by atoms with van der Waals surface area (Å²) in [6.07, 6.45) is 3.08. The molecule has 2 aromatic carbocycles. The summed E-state index contributed by atoms with van der Waals surface area (Å²) in [5.41, 5.74) is 6.38. The fourth-order valence-electron chi connectivity index (χ4n) is 5.22. The van der Waals surface area contributed by atoms with Gasteiger partial charge in [0.05, 0.1) is 4.90 Å². The molecule has 3 N–H and O–H groups in total. The van der Waals surface area contributed by atoms with Crippen molar-refractivity contribution in [1.29, 1.82) is 0 Å². The second-order valence-corrected chi connectivity index (χ2v) is 10.9. The normalized spacial score (nSPS) is 23.2.